The van der Waals surface area contributed by atoms with Crippen LogP contribution in [-0.4, -0.2) is 54.0 Å². The smallest absolute Gasteiger partial charge is 0.223 e. The van der Waals surface area contributed by atoms with Gasteiger partial charge >= 0.3 is 0 Å². The normalized spacial score (nSPS) is 16.8. The Balaban J connectivity index is 1.69. The molecule has 1 aromatic rings. The molecule has 1 aliphatic heterocycles. The van der Waals surface area contributed by atoms with E-state index in [0.717, 1.165) is 39.3 Å². The van der Waals surface area contributed by atoms with Crippen molar-refractivity contribution >= 4 is 5.91 Å². The topological polar surface area (TPSA) is 35.6 Å². The van der Waals surface area contributed by atoms with E-state index >= 15 is 0 Å². The molecule has 1 fully saturated rings. The Hall–Kier alpha value is -1.39. The van der Waals surface area contributed by atoms with Gasteiger partial charge in [0.25, 0.3) is 0 Å². The lowest BCUT2D eigenvalue weighted by atomic mass is 10.1. The fraction of sp³-hybridized carbons (Fsp3) is 0.611. The van der Waals surface area contributed by atoms with Crippen LogP contribution in [0.1, 0.15) is 32.8 Å². The van der Waals surface area contributed by atoms with Crippen molar-refractivity contribution in [2.75, 3.05) is 32.7 Å². The fourth-order valence-corrected chi connectivity index (χ4v) is 2.70. The predicted molar refractivity (Wildman–Crippen MR) is 90.7 cm³/mol. The number of nitrogens with one attached hydrogen (secondary N) is 1. The zero-order valence-corrected chi connectivity index (χ0v) is 14.1. The highest BCUT2D eigenvalue weighted by Gasteiger charge is 2.21. The summed E-state index contributed by atoms with van der Waals surface area (Å²) in [6, 6.07) is 10.5. The highest BCUT2D eigenvalue weighted by Crippen LogP contribution is 2.09. The molecule has 1 amide bonds. The van der Waals surface area contributed by atoms with Crippen LogP contribution in [0.3, 0.4) is 0 Å². The number of carbonyl (C=O) groups excluding carboxylic acids is 1. The molecule has 4 heteroatoms. The van der Waals surface area contributed by atoms with Gasteiger partial charge in [0.15, 0.2) is 0 Å². The van der Waals surface area contributed by atoms with Crippen molar-refractivity contribution in [3.05, 3.63) is 35.9 Å². The van der Waals surface area contributed by atoms with Crippen molar-refractivity contribution in [2.24, 2.45) is 0 Å². The summed E-state index contributed by atoms with van der Waals surface area (Å²) in [5, 5.41) is 3.38. The third kappa shape index (κ3) is 5.78. The van der Waals surface area contributed by atoms with Gasteiger partial charge in [0, 0.05) is 51.2 Å². The minimum absolute atomic E-state index is 0.0780. The number of amides is 1. The van der Waals surface area contributed by atoms with Crippen LogP contribution in [0.25, 0.3) is 0 Å². The van der Waals surface area contributed by atoms with Gasteiger partial charge in [0.1, 0.15) is 0 Å². The van der Waals surface area contributed by atoms with E-state index in [-0.39, 0.29) is 11.4 Å². The molecule has 0 bridgehead atoms. The molecular formula is C18H29N3O. The number of hydrogen-bond acceptors (Lipinski definition) is 3. The van der Waals surface area contributed by atoms with Crippen LogP contribution in [0, 0.1) is 0 Å². The number of benzene rings is 1. The molecule has 0 aliphatic carbocycles. The zero-order chi connectivity index (χ0) is 16.0. The summed E-state index contributed by atoms with van der Waals surface area (Å²) in [5.41, 5.74) is 1.42. The van der Waals surface area contributed by atoms with Crippen LogP contribution in [0.5, 0.6) is 0 Å². The SMILES string of the molecule is CC(C)(C)NCCC(=O)N1CCN(Cc2ccccc2)CC1. The molecule has 4 nitrogen and oxygen atoms in total. The maximum atomic E-state index is 12.2. The van der Waals surface area contributed by atoms with Gasteiger partial charge < -0.3 is 10.2 Å². The third-order valence-corrected chi connectivity index (χ3v) is 3.97. The highest BCUT2D eigenvalue weighted by molar-refractivity contribution is 5.76. The van der Waals surface area contributed by atoms with Crippen LogP contribution < -0.4 is 5.32 Å². The Bertz CT molecular complexity index is 459. The standard InChI is InChI=1S/C18H29N3O/c1-18(2,3)19-10-9-17(22)21-13-11-20(12-14-21)15-16-7-5-4-6-8-16/h4-8,19H,9-15H2,1-3H3. The van der Waals surface area contributed by atoms with Gasteiger partial charge in [0.05, 0.1) is 0 Å². The van der Waals surface area contributed by atoms with Crippen molar-refractivity contribution in [3.8, 4) is 0 Å². The fourth-order valence-electron chi connectivity index (χ4n) is 2.70. The molecule has 22 heavy (non-hydrogen) atoms. The first-order valence-corrected chi connectivity index (χ1v) is 8.23. The summed E-state index contributed by atoms with van der Waals surface area (Å²) < 4.78 is 0. The Labute approximate surface area is 134 Å². The molecule has 0 spiro atoms. The van der Waals surface area contributed by atoms with E-state index in [4.69, 9.17) is 0 Å². The lowest BCUT2D eigenvalue weighted by molar-refractivity contribution is -0.132. The van der Waals surface area contributed by atoms with Crippen LogP contribution in [0.2, 0.25) is 0 Å². The molecule has 0 aromatic heterocycles. The van der Waals surface area contributed by atoms with E-state index in [1.54, 1.807) is 0 Å². The summed E-state index contributed by atoms with van der Waals surface area (Å²) in [4.78, 5) is 16.6. The van der Waals surface area contributed by atoms with Crippen molar-refractivity contribution in [1.29, 1.82) is 0 Å². The molecule has 0 unspecified atom stereocenters. The Morgan fingerprint density at radius 3 is 2.32 bits per heavy atom. The molecule has 1 aromatic carbocycles. The van der Waals surface area contributed by atoms with E-state index in [9.17, 15) is 4.79 Å². The molecule has 1 N–H and O–H groups in total. The minimum Gasteiger partial charge on any atom is -0.340 e. The number of nitrogens with zero attached hydrogens (tertiary/aromatic N) is 2. The van der Waals surface area contributed by atoms with Gasteiger partial charge in [-0.05, 0) is 26.3 Å². The average molecular weight is 303 g/mol. The van der Waals surface area contributed by atoms with Gasteiger partial charge in [-0.2, -0.15) is 0 Å². The second-order valence-corrected chi connectivity index (χ2v) is 7.07. The van der Waals surface area contributed by atoms with Gasteiger partial charge in [-0.25, -0.2) is 0 Å². The van der Waals surface area contributed by atoms with E-state index in [0.29, 0.717) is 6.42 Å². The second-order valence-electron chi connectivity index (χ2n) is 7.07. The van der Waals surface area contributed by atoms with Gasteiger partial charge in [-0.3, -0.25) is 9.69 Å². The van der Waals surface area contributed by atoms with E-state index in [2.05, 4.69) is 55.3 Å². The van der Waals surface area contributed by atoms with Crippen molar-refractivity contribution in [3.63, 3.8) is 0 Å². The Morgan fingerprint density at radius 1 is 1.09 bits per heavy atom. The third-order valence-electron chi connectivity index (χ3n) is 3.97. The lowest BCUT2D eigenvalue weighted by Gasteiger charge is -2.35. The van der Waals surface area contributed by atoms with Crippen LogP contribution in [0.4, 0.5) is 0 Å². The summed E-state index contributed by atoms with van der Waals surface area (Å²) >= 11 is 0. The summed E-state index contributed by atoms with van der Waals surface area (Å²) in [7, 11) is 0. The largest absolute Gasteiger partial charge is 0.340 e. The first-order chi connectivity index (χ1) is 10.4. The molecule has 122 valence electrons. The first-order valence-electron chi connectivity index (χ1n) is 8.23. The first kappa shape index (κ1) is 17.0. The van der Waals surface area contributed by atoms with Gasteiger partial charge in [0.2, 0.25) is 5.91 Å². The monoisotopic (exact) mass is 303 g/mol. The molecule has 0 radical (unpaired) electrons. The minimum atomic E-state index is 0.0780. The summed E-state index contributed by atoms with van der Waals surface area (Å²) in [6.07, 6.45) is 0.593. The molecular weight excluding hydrogens is 274 g/mol. The molecule has 2 rings (SSSR count). The number of hydrogen-bond donors (Lipinski definition) is 1. The quantitative estimate of drug-likeness (QED) is 0.905. The van der Waals surface area contributed by atoms with Crippen molar-refractivity contribution in [2.45, 2.75) is 39.3 Å². The van der Waals surface area contributed by atoms with Crippen LogP contribution >= 0.6 is 0 Å². The molecule has 0 saturated carbocycles. The molecule has 1 saturated heterocycles. The lowest BCUT2D eigenvalue weighted by Crippen LogP contribution is -2.49. The summed E-state index contributed by atoms with van der Waals surface area (Å²) in [5.74, 6) is 0.274. The number of rotatable bonds is 5. The summed E-state index contributed by atoms with van der Waals surface area (Å²) in [6.45, 7) is 11.7. The molecule has 0 atom stereocenters. The van der Waals surface area contributed by atoms with E-state index in [1.165, 1.54) is 5.56 Å². The Kier molecular flexibility index (Phi) is 5.98. The maximum absolute atomic E-state index is 12.2. The molecule has 1 aliphatic rings. The number of piperazine rings is 1. The van der Waals surface area contributed by atoms with Crippen molar-refractivity contribution in [1.82, 2.24) is 15.1 Å². The number of carbonyl (C=O) groups is 1. The van der Waals surface area contributed by atoms with Crippen LogP contribution in [-0.2, 0) is 11.3 Å². The highest BCUT2D eigenvalue weighted by atomic mass is 16.2. The molecule has 1 heterocycles. The maximum Gasteiger partial charge on any atom is 0.223 e. The zero-order valence-electron chi connectivity index (χ0n) is 14.1. The van der Waals surface area contributed by atoms with Gasteiger partial charge in [-0.1, -0.05) is 30.3 Å². The van der Waals surface area contributed by atoms with Crippen molar-refractivity contribution < 1.29 is 4.79 Å². The van der Waals surface area contributed by atoms with E-state index < -0.39 is 0 Å². The average Bonchev–Trinajstić information content (AvgIpc) is 2.47. The van der Waals surface area contributed by atoms with E-state index in [1.807, 2.05) is 11.0 Å². The van der Waals surface area contributed by atoms with Gasteiger partial charge in [-0.15, -0.1) is 0 Å². The Morgan fingerprint density at radius 2 is 1.73 bits per heavy atom. The second kappa shape index (κ2) is 7.75. The van der Waals surface area contributed by atoms with Crippen LogP contribution in [0.15, 0.2) is 30.3 Å². The predicted octanol–water partition coefficient (Wildman–Crippen LogP) is 2.11.